The van der Waals surface area contributed by atoms with E-state index in [4.69, 9.17) is 5.73 Å². The maximum atomic E-state index is 12.5. The van der Waals surface area contributed by atoms with Crippen molar-refractivity contribution in [2.45, 2.75) is 52.1 Å². The Hall–Kier alpha value is -1.49. The number of nitrogens with two attached hydrogens (primary N) is 1. The van der Waals surface area contributed by atoms with Crippen LogP contribution in [0, 0.1) is 0 Å². The third-order valence-electron chi connectivity index (χ3n) is 4.12. The normalized spacial score (nSPS) is 17.3. The van der Waals surface area contributed by atoms with Gasteiger partial charge in [-0.05, 0) is 45.7 Å². The summed E-state index contributed by atoms with van der Waals surface area (Å²) in [5.74, 6) is -0.00524. The SMILES string of the molecule is CCCN1CCC(NC(=O)c2cc(N)cn2C(C)C)CC1. The summed E-state index contributed by atoms with van der Waals surface area (Å²) in [4.78, 5) is 14.9. The molecular weight excluding hydrogens is 264 g/mol. The fourth-order valence-corrected chi connectivity index (χ4v) is 2.99. The number of rotatable bonds is 5. The van der Waals surface area contributed by atoms with E-state index in [1.165, 1.54) is 6.42 Å². The summed E-state index contributed by atoms with van der Waals surface area (Å²) in [7, 11) is 0. The van der Waals surface area contributed by atoms with Gasteiger partial charge in [0.2, 0.25) is 0 Å². The molecule has 3 N–H and O–H groups in total. The Labute approximate surface area is 127 Å². The molecule has 2 heterocycles. The summed E-state index contributed by atoms with van der Waals surface area (Å²) >= 11 is 0. The van der Waals surface area contributed by atoms with Gasteiger partial charge in [-0.2, -0.15) is 0 Å². The van der Waals surface area contributed by atoms with Gasteiger partial charge in [0.1, 0.15) is 5.69 Å². The molecule has 1 saturated heterocycles. The first-order valence-corrected chi connectivity index (χ1v) is 8.01. The number of carbonyl (C=O) groups excluding carboxylic acids is 1. The molecule has 21 heavy (non-hydrogen) atoms. The molecule has 0 spiro atoms. The van der Waals surface area contributed by atoms with Gasteiger partial charge in [-0.25, -0.2) is 0 Å². The lowest BCUT2D eigenvalue weighted by molar-refractivity contribution is 0.0900. The first-order valence-electron chi connectivity index (χ1n) is 8.01. The maximum Gasteiger partial charge on any atom is 0.268 e. The topological polar surface area (TPSA) is 63.3 Å². The summed E-state index contributed by atoms with van der Waals surface area (Å²) in [6.07, 6.45) is 5.09. The van der Waals surface area contributed by atoms with Crippen molar-refractivity contribution in [2.24, 2.45) is 0 Å². The molecule has 1 aromatic rings. The lowest BCUT2D eigenvalue weighted by atomic mass is 10.0. The van der Waals surface area contributed by atoms with Crippen LogP contribution in [0.2, 0.25) is 0 Å². The van der Waals surface area contributed by atoms with E-state index in [0.29, 0.717) is 11.4 Å². The van der Waals surface area contributed by atoms with Gasteiger partial charge in [0.15, 0.2) is 0 Å². The molecule has 1 aromatic heterocycles. The Bertz CT molecular complexity index is 473. The maximum absolute atomic E-state index is 12.5. The van der Waals surface area contributed by atoms with Gasteiger partial charge in [-0.3, -0.25) is 4.79 Å². The van der Waals surface area contributed by atoms with Gasteiger partial charge in [-0.1, -0.05) is 6.92 Å². The predicted molar refractivity (Wildman–Crippen MR) is 86.4 cm³/mol. The molecule has 0 aromatic carbocycles. The number of amides is 1. The van der Waals surface area contributed by atoms with Crippen molar-refractivity contribution in [3.8, 4) is 0 Å². The molecule has 0 bridgehead atoms. The molecule has 2 rings (SSSR count). The van der Waals surface area contributed by atoms with Gasteiger partial charge in [-0.15, -0.1) is 0 Å². The number of nitrogens with one attached hydrogen (secondary N) is 1. The Morgan fingerprint density at radius 1 is 1.43 bits per heavy atom. The van der Waals surface area contributed by atoms with E-state index in [1.807, 2.05) is 10.8 Å². The smallest absolute Gasteiger partial charge is 0.268 e. The zero-order valence-electron chi connectivity index (χ0n) is 13.4. The molecule has 0 radical (unpaired) electrons. The highest BCUT2D eigenvalue weighted by Crippen LogP contribution is 2.17. The standard InChI is InChI=1S/C16H28N4O/c1-4-7-19-8-5-14(6-9-19)18-16(21)15-10-13(17)11-20(15)12(2)3/h10-12,14H,4-9,17H2,1-3H3,(H,18,21). The highest BCUT2D eigenvalue weighted by Gasteiger charge is 2.22. The summed E-state index contributed by atoms with van der Waals surface area (Å²) in [5.41, 5.74) is 7.14. The van der Waals surface area contributed by atoms with Gasteiger partial charge >= 0.3 is 0 Å². The predicted octanol–water partition coefficient (Wildman–Crippen LogP) is 2.26. The second-order valence-electron chi connectivity index (χ2n) is 6.25. The average Bonchev–Trinajstić information content (AvgIpc) is 2.84. The molecule has 1 aliphatic heterocycles. The Balaban J connectivity index is 1.93. The van der Waals surface area contributed by atoms with Crippen LogP contribution in [0.15, 0.2) is 12.3 Å². The highest BCUT2D eigenvalue weighted by molar-refractivity contribution is 5.94. The van der Waals surface area contributed by atoms with E-state index in [0.717, 1.165) is 32.5 Å². The summed E-state index contributed by atoms with van der Waals surface area (Å²) in [6, 6.07) is 2.28. The molecule has 1 aliphatic rings. The van der Waals surface area contributed by atoms with Crippen molar-refractivity contribution in [3.05, 3.63) is 18.0 Å². The van der Waals surface area contributed by atoms with Gasteiger partial charge in [0.25, 0.3) is 5.91 Å². The van der Waals surface area contributed by atoms with Gasteiger partial charge in [0.05, 0.1) is 5.69 Å². The minimum atomic E-state index is -0.00524. The zero-order chi connectivity index (χ0) is 15.4. The lowest BCUT2D eigenvalue weighted by Gasteiger charge is -2.32. The summed E-state index contributed by atoms with van der Waals surface area (Å²) in [5, 5.41) is 3.16. The molecule has 5 heteroatoms. The van der Waals surface area contributed by atoms with E-state index < -0.39 is 0 Å². The molecule has 1 amide bonds. The summed E-state index contributed by atoms with van der Waals surface area (Å²) < 4.78 is 1.94. The van der Waals surface area contributed by atoms with Gasteiger partial charge in [0, 0.05) is 31.4 Å². The molecule has 0 saturated carbocycles. The zero-order valence-corrected chi connectivity index (χ0v) is 13.4. The van der Waals surface area contributed by atoms with Crippen LogP contribution in [0.1, 0.15) is 56.6 Å². The number of hydrogen-bond donors (Lipinski definition) is 2. The number of anilines is 1. The second-order valence-corrected chi connectivity index (χ2v) is 6.25. The lowest BCUT2D eigenvalue weighted by Crippen LogP contribution is -2.45. The fraction of sp³-hybridized carbons (Fsp3) is 0.688. The van der Waals surface area contributed by atoms with Crippen LogP contribution in [-0.2, 0) is 0 Å². The van der Waals surface area contributed by atoms with Crippen molar-refractivity contribution in [1.82, 2.24) is 14.8 Å². The van der Waals surface area contributed by atoms with E-state index >= 15 is 0 Å². The molecule has 0 atom stereocenters. The number of nitrogen functional groups attached to an aromatic ring is 1. The van der Waals surface area contributed by atoms with Crippen molar-refractivity contribution >= 4 is 11.6 Å². The number of aromatic nitrogens is 1. The molecule has 5 nitrogen and oxygen atoms in total. The average molecular weight is 292 g/mol. The Morgan fingerprint density at radius 3 is 2.67 bits per heavy atom. The third kappa shape index (κ3) is 4.00. The number of carbonyl (C=O) groups is 1. The van der Waals surface area contributed by atoms with Crippen LogP contribution in [0.3, 0.4) is 0 Å². The molecule has 0 aliphatic carbocycles. The fourth-order valence-electron chi connectivity index (χ4n) is 2.99. The largest absolute Gasteiger partial charge is 0.397 e. The van der Waals surface area contributed by atoms with Gasteiger partial charge < -0.3 is 20.5 Å². The molecule has 0 unspecified atom stereocenters. The van der Waals surface area contributed by atoms with Crippen molar-refractivity contribution in [2.75, 3.05) is 25.4 Å². The van der Waals surface area contributed by atoms with Crippen LogP contribution in [-0.4, -0.2) is 41.1 Å². The number of hydrogen-bond acceptors (Lipinski definition) is 3. The molecule has 1 fully saturated rings. The van der Waals surface area contributed by atoms with E-state index in [9.17, 15) is 4.79 Å². The Kier molecular flexibility index (Phi) is 5.28. The number of likely N-dealkylation sites (tertiary alicyclic amines) is 1. The molecular formula is C16H28N4O. The van der Waals surface area contributed by atoms with E-state index in [1.54, 1.807) is 6.07 Å². The van der Waals surface area contributed by atoms with E-state index in [2.05, 4.69) is 31.0 Å². The van der Waals surface area contributed by atoms with Crippen LogP contribution in [0.4, 0.5) is 5.69 Å². The first-order chi connectivity index (χ1) is 10.0. The van der Waals surface area contributed by atoms with Crippen LogP contribution in [0.25, 0.3) is 0 Å². The van der Waals surface area contributed by atoms with Crippen LogP contribution >= 0.6 is 0 Å². The van der Waals surface area contributed by atoms with Crippen LogP contribution in [0.5, 0.6) is 0 Å². The van der Waals surface area contributed by atoms with E-state index in [-0.39, 0.29) is 18.0 Å². The number of nitrogens with zero attached hydrogens (tertiary/aromatic N) is 2. The van der Waals surface area contributed by atoms with Crippen molar-refractivity contribution in [1.29, 1.82) is 0 Å². The number of piperidine rings is 1. The summed E-state index contributed by atoms with van der Waals surface area (Å²) in [6.45, 7) is 9.63. The minimum absolute atomic E-state index is 0.00524. The minimum Gasteiger partial charge on any atom is -0.397 e. The van der Waals surface area contributed by atoms with Crippen molar-refractivity contribution in [3.63, 3.8) is 0 Å². The second kappa shape index (κ2) is 6.98. The monoisotopic (exact) mass is 292 g/mol. The third-order valence-corrected chi connectivity index (χ3v) is 4.12. The molecule has 118 valence electrons. The first kappa shape index (κ1) is 15.9. The highest BCUT2D eigenvalue weighted by atomic mass is 16.2. The van der Waals surface area contributed by atoms with Crippen molar-refractivity contribution < 1.29 is 4.79 Å². The van der Waals surface area contributed by atoms with Crippen LogP contribution < -0.4 is 11.1 Å². The Morgan fingerprint density at radius 2 is 2.10 bits per heavy atom. The quantitative estimate of drug-likeness (QED) is 0.875.